The normalized spacial score (nSPS) is 18.8. The molecule has 5 nitrogen and oxygen atoms in total. The zero-order valence-electron chi connectivity index (χ0n) is 11.1. The monoisotopic (exact) mass is 268 g/mol. The summed E-state index contributed by atoms with van der Waals surface area (Å²) in [5, 5.41) is 0. The van der Waals surface area contributed by atoms with E-state index in [0.29, 0.717) is 12.1 Å². The number of likely N-dealkylation sites (tertiary alicyclic amines) is 1. The SMILES string of the molecule is O=C(c1cccnc1)N1CCC[C@H](c2cnccn2)C1. The quantitative estimate of drug-likeness (QED) is 0.834. The van der Waals surface area contributed by atoms with Crippen LogP contribution in [0.15, 0.2) is 43.1 Å². The van der Waals surface area contributed by atoms with Crippen molar-refractivity contribution < 1.29 is 4.79 Å². The van der Waals surface area contributed by atoms with E-state index in [1.165, 1.54) is 0 Å². The summed E-state index contributed by atoms with van der Waals surface area (Å²) in [6.07, 6.45) is 10.5. The lowest BCUT2D eigenvalue weighted by Gasteiger charge is -2.32. The molecule has 1 fully saturated rings. The Kier molecular flexibility index (Phi) is 3.67. The largest absolute Gasteiger partial charge is 0.338 e. The molecule has 1 aliphatic rings. The van der Waals surface area contributed by atoms with E-state index in [1.807, 2.05) is 4.90 Å². The molecule has 0 aromatic carbocycles. The lowest BCUT2D eigenvalue weighted by molar-refractivity contribution is 0.0705. The number of nitrogens with zero attached hydrogens (tertiary/aromatic N) is 4. The lowest BCUT2D eigenvalue weighted by Crippen LogP contribution is -2.39. The highest BCUT2D eigenvalue weighted by Crippen LogP contribution is 2.25. The summed E-state index contributed by atoms with van der Waals surface area (Å²) in [6, 6.07) is 3.60. The Labute approximate surface area is 117 Å². The number of carbonyl (C=O) groups is 1. The number of pyridine rings is 1. The minimum atomic E-state index is 0.0479. The van der Waals surface area contributed by atoms with Gasteiger partial charge in [0.25, 0.3) is 5.91 Å². The van der Waals surface area contributed by atoms with E-state index in [1.54, 1.807) is 43.1 Å². The molecule has 5 heteroatoms. The lowest BCUT2D eigenvalue weighted by atomic mass is 9.94. The first kappa shape index (κ1) is 12.7. The second-order valence-corrected chi connectivity index (χ2v) is 4.96. The standard InChI is InChI=1S/C15H16N4O/c20-15(12-3-1-5-16-9-12)19-8-2-4-13(11-19)14-10-17-6-7-18-14/h1,3,5-7,9-10,13H,2,4,8,11H2/t13-/m0/s1. The van der Waals surface area contributed by atoms with Gasteiger partial charge in [-0.05, 0) is 25.0 Å². The highest BCUT2D eigenvalue weighted by atomic mass is 16.2. The Balaban J connectivity index is 1.74. The first-order valence-corrected chi connectivity index (χ1v) is 6.80. The van der Waals surface area contributed by atoms with Gasteiger partial charge in [-0.3, -0.25) is 19.7 Å². The number of rotatable bonds is 2. The minimum Gasteiger partial charge on any atom is -0.338 e. The molecule has 1 amide bonds. The van der Waals surface area contributed by atoms with Gasteiger partial charge in [-0.15, -0.1) is 0 Å². The third kappa shape index (κ3) is 2.66. The predicted molar refractivity (Wildman–Crippen MR) is 74.1 cm³/mol. The maximum Gasteiger partial charge on any atom is 0.255 e. The van der Waals surface area contributed by atoms with Gasteiger partial charge in [0.05, 0.1) is 11.3 Å². The molecule has 0 saturated carbocycles. The van der Waals surface area contributed by atoms with Gasteiger partial charge in [-0.2, -0.15) is 0 Å². The van der Waals surface area contributed by atoms with Crippen molar-refractivity contribution in [1.29, 1.82) is 0 Å². The Bertz CT molecular complexity index is 573. The van der Waals surface area contributed by atoms with Crippen molar-refractivity contribution in [3.63, 3.8) is 0 Å². The van der Waals surface area contributed by atoms with Crippen LogP contribution in [-0.2, 0) is 0 Å². The fourth-order valence-electron chi connectivity index (χ4n) is 2.60. The number of piperidine rings is 1. The van der Waals surface area contributed by atoms with Crippen LogP contribution in [0.2, 0.25) is 0 Å². The number of hydrogen-bond donors (Lipinski definition) is 0. The van der Waals surface area contributed by atoms with Crippen molar-refractivity contribution in [3.8, 4) is 0 Å². The molecule has 3 rings (SSSR count). The highest BCUT2D eigenvalue weighted by Gasteiger charge is 2.26. The molecule has 1 saturated heterocycles. The van der Waals surface area contributed by atoms with Gasteiger partial charge in [0.2, 0.25) is 0 Å². The second-order valence-electron chi connectivity index (χ2n) is 4.96. The van der Waals surface area contributed by atoms with Crippen LogP contribution in [0.1, 0.15) is 34.8 Å². The maximum absolute atomic E-state index is 12.4. The fraction of sp³-hybridized carbons (Fsp3) is 0.333. The fourth-order valence-corrected chi connectivity index (χ4v) is 2.60. The topological polar surface area (TPSA) is 59.0 Å². The highest BCUT2D eigenvalue weighted by molar-refractivity contribution is 5.93. The summed E-state index contributed by atoms with van der Waals surface area (Å²) in [5.74, 6) is 0.324. The van der Waals surface area contributed by atoms with E-state index >= 15 is 0 Å². The van der Waals surface area contributed by atoms with Crippen molar-refractivity contribution >= 4 is 5.91 Å². The molecule has 2 aromatic heterocycles. The van der Waals surface area contributed by atoms with Crippen molar-refractivity contribution in [2.75, 3.05) is 13.1 Å². The first-order chi connectivity index (χ1) is 9.84. The first-order valence-electron chi connectivity index (χ1n) is 6.80. The average Bonchev–Trinajstić information content (AvgIpc) is 2.56. The molecule has 0 N–H and O–H groups in total. The van der Waals surface area contributed by atoms with Crippen LogP contribution in [-0.4, -0.2) is 38.8 Å². The van der Waals surface area contributed by atoms with E-state index in [2.05, 4.69) is 15.0 Å². The minimum absolute atomic E-state index is 0.0479. The summed E-state index contributed by atoms with van der Waals surface area (Å²) in [6.45, 7) is 1.50. The third-order valence-corrected chi connectivity index (χ3v) is 3.62. The summed E-state index contributed by atoms with van der Waals surface area (Å²) >= 11 is 0. The molecule has 0 bridgehead atoms. The molecular formula is C15H16N4O. The van der Waals surface area contributed by atoms with Gasteiger partial charge in [-0.25, -0.2) is 0 Å². The van der Waals surface area contributed by atoms with Crippen LogP contribution in [0.3, 0.4) is 0 Å². The zero-order chi connectivity index (χ0) is 13.8. The Hall–Kier alpha value is -2.30. The van der Waals surface area contributed by atoms with Crippen molar-refractivity contribution in [2.45, 2.75) is 18.8 Å². The molecular weight excluding hydrogens is 252 g/mol. The Morgan fingerprint density at radius 1 is 1.20 bits per heavy atom. The van der Waals surface area contributed by atoms with E-state index in [9.17, 15) is 4.79 Å². The molecule has 3 heterocycles. The van der Waals surface area contributed by atoms with Crippen LogP contribution in [0.25, 0.3) is 0 Å². The molecule has 0 unspecified atom stereocenters. The van der Waals surface area contributed by atoms with Crippen molar-refractivity contribution in [1.82, 2.24) is 19.9 Å². The molecule has 0 aliphatic carbocycles. The van der Waals surface area contributed by atoms with Crippen molar-refractivity contribution in [3.05, 3.63) is 54.4 Å². The van der Waals surface area contributed by atoms with E-state index in [-0.39, 0.29) is 11.8 Å². The second kappa shape index (κ2) is 5.77. The smallest absolute Gasteiger partial charge is 0.255 e. The molecule has 1 aliphatic heterocycles. The predicted octanol–water partition coefficient (Wildman–Crippen LogP) is 1.89. The van der Waals surface area contributed by atoms with Gasteiger partial charge < -0.3 is 4.90 Å². The van der Waals surface area contributed by atoms with Crippen LogP contribution in [0.4, 0.5) is 0 Å². The molecule has 2 aromatic rings. The van der Waals surface area contributed by atoms with Gasteiger partial charge in [-0.1, -0.05) is 0 Å². The van der Waals surface area contributed by atoms with Gasteiger partial charge in [0, 0.05) is 50.0 Å². The summed E-state index contributed by atoms with van der Waals surface area (Å²) in [5.41, 5.74) is 1.61. The van der Waals surface area contributed by atoms with Gasteiger partial charge in [0.15, 0.2) is 0 Å². The molecule has 0 spiro atoms. The molecule has 1 atom stereocenters. The van der Waals surface area contributed by atoms with Crippen molar-refractivity contribution in [2.24, 2.45) is 0 Å². The summed E-state index contributed by atoms with van der Waals surface area (Å²) in [7, 11) is 0. The van der Waals surface area contributed by atoms with E-state index in [0.717, 1.165) is 25.1 Å². The zero-order valence-corrected chi connectivity index (χ0v) is 11.1. The average molecular weight is 268 g/mol. The Morgan fingerprint density at radius 3 is 2.85 bits per heavy atom. The van der Waals surface area contributed by atoms with Gasteiger partial charge >= 0.3 is 0 Å². The van der Waals surface area contributed by atoms with E-state index in [4.69, 9.17) is 0 Å². The summed E-state index contributed by atoms with van der Waals surface area (Å²) in [4.78, 5) is 26.8. The van der Waals surface area contributed by atoms with Crippen LogP contribution in [0, 0.1) is 0 Å². The maximum atomic E-state index is 12.4. The Morgan fingerprint density at radius 2 is 2.10 bits per heavy atom. The third-order valence-electron chi connectivity index (χ3n) is 3.62. The molecule has 102 valence electrons. The number of hydrogen-bond acceptors (Lipinski definition) is 4. The number of aromatic nitrogens is 3. The van der Waals surface area contributed by atoms with E-state index < -0.39 is 0 Å². The number of carbonyl (C=O) groups excluding carboxylic acids is 1. The summed E-state index contributed by atoms with van der Waals surface area (Å²) < 4.78 is 0. The van der Waals surface area contributed by atoms with Crippen LogP contribution < -0.4 is 0 Å². The molecule has 0 radical (unpaired) electrons. The number of amides is 1. The van der Waals surface area contributed by atoms with Crippen LogP contribution in [0.5, 0.6) is 0 Å². The van der Waals surface area contributed by atoms with Crippen LogP contribution >= 0.6 is 0 Å². The molecule has 20 heavy (non-hydrogen) atoms. The van der Waals surface area contributed by atoms with Gasteiger partial charge in [0.1, 0.15) is 0 Å².